The van der Waals surface area contributed by atoms with Gasteiger partial charge >= 0.3 is 5.97 Å². The summed E-state index contributed by atoms with van der Waals surface area (Å²) in [5.41, 5.74) is 0. The van der Waals surface area contributed by atoms with Crippen molar-refractivity contribution < 1.29 is 24.5 Å². The van der Waals surface area contributed by atoms with E-state index < -0.39 is 12.1 Å². The zero-order valence-electron chi connectivity index (χ0n) is 49.1. The van der Waals surface area contributed by atoms with E-state index in [1.54, 1.807) is 6.08 Å². The lowest BCUT2D eigenvalue weighted by molar-refractivity contribution is -0.143. The van der Waals surface area contributed by atoms with Crippen LogP contribution in [-0.2, 0) is 14.3 Å². The summed E-state index contributed by atoms with van der Waals surface area (Å²) in [4.78, 5) is 24.6. The van der Waals surface area contributed by atoms with Crippen molar-refractivity contribution in [2.24, 2.45) is 0 Å². The number of ether oxygens (including phenoxy) is 1. The second-order valence-electron chi connectivity index (χ2n) is 22.4. The van der Waals surface area contributed by atoms with Crippen molar-refractivity contribution in [3.8, 4) is 0 Å². The third-order valence-electron chi connectivity index (χ3n) is 15.1. The Morgan fingerprint density at radius 1 is 0.370 bits per heavy atom. The monoisotopic (exact) mass is 1030 g/mol. The van der Waals surface area contributed by atoms with Gasteiger partial charge in [0.15, 0.2) is 0 Å². The van der Waals surface area contributed by atoms with E-state index in [1.165, 1.54) is 244 Å². The SMILES string of the molecule is CCCCCCCC/C=C\CCCCCCCCCCCC(=O)OCCCCC/C=C\CCCCCCCC(=O)NC(CO)C(O)/C=C/CCCCCCCCCCCCCCCCCCCCCCCCC. The normalized spacial score (nSPS) is 12.8. The van der Waals surface area contributed by atoms with Gasteiger partial charge in [0.05, 0.1) is 25.4 Å². The van der Waals surface area contributed by atoms with Crippen LogP contribution in [0.5, 0.6) is 0 Å². The molecule has 0 saturated heterocycles. The molecular formula is C67H127NO5. The van der Waals surface area contributed by atoms with Crippen molar-refractivity contribution in [2.45, 2.75) is 366 Å². The van der Waals surface area contributed by atoms with E-state index in [9.17, 15) is 19.8 Å². The number of carbonyl (C=O) groups excluding carboxylic acids is 2. The number of rotatable bonds is 61. The number of aliphatic hydroxyl groups is 2. The zero-order valence-corrected chi connectivity index (χ0v) is 49.1. The van der Waals surface area contributed by atoms with Gasteiger partial charge in [0.1, 0.15) is 0 Å². The molecule has 0 aliphatic rings. The molecule has 2 atom stereocenters. The number of aliphatic hydroxyl groups excluding tert-OH is 2. The molecule has 2 unspecified atom stereocenters. The minimum absolute atomic E-state index is 0.0240. The molecule has 6 nitrogen and oxygen atoms in total. The number of amides is 1. The number of hydrogen-bond acceptors (Lipinski definition) is 5. The van der Waals surface area contributed by atoms with Crippen LogP contribution in [0.25, 0.3) is 0 Å². The Balaban J connectivity index is 3.50. The van der Waals surface area contributed by atoms with Gasteiger partial charge in [-0.3, -0.25) is 9.59 Å². The lowest BCUT2D eigenvalue weighted by Gasteiger charge is -2.20. The summed E-state index contributed by atoms with van der Waals surface area (Å²) in [6, 6.07) is -0.649. The highest BCUT2D eigenvalue weighted by Gasteiger charge is 2.18. The van der Waals surface area contributed by atoms with Crippen LogP contribution in [0, 0.1) is 0 Å². The molecule has 0 saturated carbocycles. The standard InChI is InChI=1S/C67H127NO5/c1-3-5-7-9-11-13-15-17-19-21-23-24-25-26-27-28-30-31-33-35-39-43-47-51-55-59-65(70)64(63-69)68-66(71)60-56-52-48-44-40-37-38-42-46-50-54-58-62-73-67(72)61-57-53-49-45-41-36-34-32-29-22-20-18-16-14-12-10-8-6-4-2/h18,20,38,42,55,59,64-65,69-70H,3-17,19,21-37,39-41,43-54,56-58,60-63H2,1-2H3,(H,68,71)/b20-18-,42-38-,59-55+. The minimum atomic E-state index is -0.863. The first-order valence-electron chi connectivity index (χ1n) is 32.8. The molecule has 0 radical (unpaired) electrons. The molecule has 0 rings (SSSR count). The Labute approximate surface area is 455 Å². The summed E-state index contributed by atoms with van der Waals surface area (Å²) in [6.07, 6.45) is 79.1. The van der Waals surface area contributed by atoms with E-state index in [2.05, 4.69) is 43.5 Å². The van der Waals surface area contributed by atoms with E-state index in [-0.39, 0.29) is 18.5 Å². The second-order valence-corrected chi connectivity index (χ2v) is 22.4. The average Bonchev–Trinajstić information content (AvgIpc) is 3.39. The number of hydrogen-bond donors (Lipinski definition) is 3. The number of esters is 1. The van der Waals surface area contributed by atoms with E-state index >= 15 is 0 Å². The first-order valence-corrected chi connectivity index (χ1v) is 32.8. The fourth-order valence-electron chi connectivity index (χ4n) is 10.1. The lowest BCUT2D eigenvalue weighted by Crippen LogP contribution is -2.45. The van der Waals surface area contributed by atoms with E-state index in [1.807, 2.05) is 6.08 Å². The number of unbranched alkanes of at least 4 members (excludes halogenated alkanes) is 46. The predicted octanol–water partition coefficient (Wildman–Crippen LogP) is 20.8. The highest BCUT2D eigenvalue weighted by atomic mass is 16.5. The molecule has 0 fully saturated rings. The van der Waals surface area contributed by atoms with Gasteiger partial charge in [0.2, 0.25) is 5.91 Å². The van der Waals surface area contributed by atoms with Crippen molar-refractivity contribution in [3.05, 3.63) is 36.5 Å². The van der Waals surface area contributed by atoms with Gasteiger partial charge in [-0.25, -0.2) is 0 Å². The molecule has 73 heavy (non-hydrogen) atoms. The Morgan fingerprint density at radius 3 is 0.973 bits per heavy atom. The third kappa shape index (κ3) is 59.2. The maximum absolute atomic E-state index is 12.5. The molecule has 0 aromatic heterocycles. The van der Waals surface area contributed by atoms with Gasteiger partial charge in [-0.15, -0.1) is 0 Å². The molecule has 3 N–H and O–H groups in total. The van der Waals surface area contributed by atoms with Crippen LogP contribution in [0.15, 0.2) is 36.5 Å². The molecule has 0 spiro atoms. The van der Waals surface area contributed by atoms with E-state index in [0.29, 0.717) is 19.4 Å². The largest absolute Gasteiger partial charge is 0.466 e. The molecule has 430 valence electrons. The maximum Gasteiger partial charge on any atom is 0.305 e. The number of allylic oxidation sites excluding steroid dienone is 5. The minimum Gasteiger partial charge on any atom is -0.466 e. The number of carbonyl (C=O) groups is 2. The van der Waals surface area contributed by atoms with Crippen molar-refractivity contribution >= 4 is 11.9 Å². The molecule has 0 aromatic rings. The van der Waals surface area contributed by atoms with Gasteiger partial charge < -0.3 is 20.3 Å². The van der Waals surface area contributed by atoms with Crippen molar-refractivity contribution in [1.29, 1.82) is 0 Å². The first-order chi connectivity index (χ1) is 36.0. The Hall–Kier alpha value is -1.92. The summed E-state index contributed by atoms with van der Waals surface area (Å²) in [6.45, 7) is 4.87. The van der Waals surface area contributed by atoms with Crippen LogP contribution in [0.1, 0.15) is 354 Å². The smallest absolute Gasteiger partial charge is 0.305 e. The zero-order chi connectivity index (χ0) is 52.9. The van der Waals surface area contributed by atoms with Crippen molar-refractivity contribution in [1.82, 2.24) is 5.32 Å². The Kier molecular flexibility index (Phi) is 61.0. The van der Waals surface area contributed by atoms with Crippen molar-refractivity contribution in [2.75, 3.05) is 13.2 Å². The molecule has 0 aliphatic carbocycles. The Morgan fingerprint density at radius 2 is 0.644 bits per heavy atom. The van der Waals surface area contributed by atoms with Crippen LogP contribution >= 0.6 is 0 Å². The van der Waals surface area contributed by atoms with Gasteiger partial charge in [-0.05, 0) is 89.9 Å². The molecule has 6 heteroatoms. The van der Waals surface area contributed by atoms with Crippen LogP contribution < -0.4 is 5.32 Å². The summed E-state index contributed by atoms with van der Waals surface area (Å²) < 4.78 is 5.47. The summed E-state index contributed by atoms with van der Waals surface area (Å²) >= 11 is 0. The lowest BCUT2D eigenvalue weighted by atomic mass is 10.0. The van der Waals surface area contributed by atoms with Crippen LogP contribution in [0.3, 0.4) is 0 Å². The highest BCUT2D eigenvalue weighted by Crippen LogP contribution is 2.18. The van der Waals surface area contributed by atoms with Crippen molar-refractivity contribution in [3.63, 3.8) is 0 Å². The molecular weight excluding hydrogens is 899 g/mol. The predicted molar refractivity (Wildman–Crippen MR) is 319 cm³/mol. The van der Waals surface area contributed by atoms with Crippen LogP contribution in [-0.4, -0.2) is 47.4 Å². The number of nitrogens with one attached hydrogen (secondary N) is 1. The topological polar surface area (TPSA) is 95.9 Å². The third-order valence-corrected chi connectivity index (χ3v) is 15.1. The van der Waals surface area contributed by atoms with Gasteiger partial charge in [0.25, 0.3) is 0 Å². The highest BCUT2D eigenvalue weighted by molar-refractivity contribution is 5.76. The molecule has 0 aromatic carbocycles. The molecule has 0 heterocycles. The fraction of sp³-hybridized carbons (Fsp3) is 0.881. The van der Waals surface area contributed by atoms with E-state index in [0.717, 1.165) is 83.5 Å². The summed E-state index contributed by atoms with van der Waals surface area (Å²) in [7, 11) is 0. The quantitative estimate of drug-likeness (QED) is 0.0320. The molecule has 0 bridgehead atoms. The Bertz CT molecular complexity index is 1180. The van der Waals surface area contributed by atoms with Crippen LogP contribution in [0.4, 0.5) is 0 Å². The molecule has 0 aliphatic heterocycles. The van der Waals surface area contributed by atoms with Crippen LogP contribution in [0.2, 0.25) is 0 Å². The average molecular weight is 1030 g/mol. The summed E-state index contributed by atoms with van der Waals surface area (Å²) in [5, 5.41) is 23.2. The van der Waals surface area contributed by atoms with Gasteiger partial charge in [-0.2, -0.15) is 0 Å². The molecule has 1 amide bonds. The van der Waals surface area contributed by atoms with Gasteiger partial charge in [0, 0.05) is 12.8 Å². The fourth-order valence-corrected chi connectivity index (χ4v) is 10.1. The second kappa shape index (κ2) is 62.6. The van der Waals surface area contributed by atoms with E-state index in [4.69, 9.17) is 4.74 Å². The van der Waals surface area contributed by atoms with Gasteiger partial charge in [-0.1, -0.05) is 288 Å². The first kappa shape index (κ1) is 71.1. The summed E-state index contributed by atoms with van der Waals surface area (Å²) in [5.74, 6) is -0.115. The maximum atomic E-state index is 12.5.